The van der Waals surface area contributed by atoms with Crippen molar-refractivity contribution in [3.05, 3.63) is 39.3 Å². The van der Waals surface area contributed by atoms with Gasteiger partial charge in [-0.3, -0.25) is 0 Å². The van der Waals surface area contributed by atoms with Crippen LogP contribution >= 0.6 is 11.3 Å². The molecule has 1 aromatic carbocycles. The summed E-state index contributed by atoms with van der Waals surface area (Å²) < 4.78 is 11.4. The predicted molar refractivity (Wildman–Crippen MR) is 105 cm³/mol. The van der Waals surface area contributed by atoms with E-state index in [9.17, 15) is 0 Å². The summed E-state index contributed by atoms with van der Waals surface area (Å²) in [6.45, 7) is 8.16. The predicted octanol–water partition coefficient (Wildman–Crippen LogP) is 3.04. The summed E-state index contributed by atoms with van der Waals surface area (Å²) in [5, 5.41) is 7.65. The van der Waals surface area contributed by atoms with Gasteiger partial charge in [0.15, 0.2) is 5.96 Å². The second-order valence-corrected chi connectivity index (χ2v) is 7.64. The van der Waals surface area contributed by atoms with Gasteiger partial charge in [0, 0.05) is 35.2 Å². The Balaban J connectivity index is 1.71. The van der Waals surface area contributed by atoms with Crippen LogP contribution in [-0.2, 0) is 19.5 Å². The number of benzene rings is 1. The van der Waals surface area contributed by atoms with Crippen LogP contribution in [0.3, 0.4) is 0 Å². The maximum absolute atomic E-state index is 5.87. The molecule has 0 radical (unpaired) electrons. The lowest BCUT2D eigenvalue weighted by molar-refractivity contribution is 0.254. The maximum Gasteiger partial charge on any atom is 0.191 e. The fourth-order valence-corrected chi connectivity index (χ4v) is 3.67. The highest BCUT2D eigenvalue weighted by molar-refractivity contribution is 7.11. The fraction of sp³-hybridized carbons (Fsp3) is 0.474. The standard InChI is InChI=1S/C19H26N4O2S/c1-5-20-19(23-11-18-21-9-13(3)26-18)22-10-15-8-17-14(6-12(2)25-17)7-16(15)24-4/h7-9,12H,5-6,10-11H2,1-4H3,(H2,20,22,23). The maximum atomic E-state index is 5.87. The minimum Gasteiger partial charge on any atom is -0.496 e. The Morgan fingerprint density at radius 1 is 1.42 bits per heavy atom. The Bertz CT molecular complexity index is 788. The summed E-state index contributed by atoms with van der Waals surface area (Å²) in [5.41, 5.74) is 2.22. The van der Waals surface area contributed by atoms with Crippen molar-refractivity contribution in [2.24, 2.45) is 4.99 Å². The number of nitrogens with zero attached hydrogens (tertiary/aromatic N) is 2. The molecule has 2 N–H and O–H groups in total. The molecule has 0 fully saturated rings. The molecule has 0 amide bonds. The molecule has 0 saturated carbocycles. The van der Waals surface area contributed by atoms with E-state index < -0.39 is 0 Å². The molecule has 3 rings (SSSR count). The van der Waals surface area contributed by atoms with E-state index in [0.29, 0.717) is 13.1 Å². The zero-order valence-corrected chi connectivity index (χ0v) is 16.6. The van der Waals surface area contributed by atoms with Crippen molar-refractivity contribution in [1.29, 1.82) is 0 Å². The summed E-state index contributed by atoms with van der Waals surface area (Å²) in [5.74, 6) is 2.56. The smallest absolute Gasteiger partial charge is 0.191 e. The van der Waals surface area contributed by atoms with Crippen molar-refractivity contribution < 1.29 is 9.47 Å². The molecule has 1 unspecified atom stereocenters. The number of rotatable bonds is 6. The monoisotopic (exact) mass is 374 g/mol. The minimum atomic E-state index is 0.217. The quantitative estimate of drug-likeness (QED) is 0.601. The van der Waals surface area contributed by atoms with Crippen LogP contribution in [0, 0.1) is 6.92 Å². The molecule has 1 atom stereocenters. The lowest BCUT2D eigenvalue weighted by Crippen LogP contribution is -2.36. The number of guanidine groups is 1. The molecule has 140 valence electrons. The second-order valence-electron chi connectivity index (χ2n) is 6.32. The number of nitrogens with one attached hydrogen (secondary N) is 2. The molecule has 7 heteroatoms. The van der Waals surface area contributed by atoms with Crippen molar-refractivity contribution in [3.8, 4) is 11.5 Å². The van der Waals surface area contributed by atoms with Crippen LogP contribution in [0.5, 0.6) is 11.5 Å². The van der Waals surface area contributed by atoms with Gasteiger partial charge in [0.1, 0.15) is 22.6 Å². The fourth-order valence-electron chi connectivity index (χ4n) is 2.94. The Morgan fingerprint density at radius 2 is 2.27 bits per heavy atom. The first-order chi connectivity index (χ1) is 12.6. The third-order valence-corrected chi connectivity index (χ3v) is 5.04. The second kappa shape index (κ2) is 8.40. The number of aliphatic imine (C=N–C) groups is 1. The first-order valence-electron chi connectivity index (χ1n) is 8.89. The van der Waals surface area contributed by atoms with Gasteiger partial charge in [-0.15, -0.1) is 11.3 Å². The number of aromatic nitrogens is 1. The van der Waals surface area contributed by atoms with E-state index in [4.69, 9.17) is 14.5 Å². The van der Waals surface area contributed by atoms with Crippen molar-refractivity contribution >= 4 is 17.3 Å². The molecule has 2 aromatic rings. The van der Waals surface area contributed by atoms with Gasteiger partial charge in [-0.1, -0.05) is 0 Å². The lowest BCUT2D eigenvalue weighted by atomic mass is 10.1. The van der Waals surface area contributed by atoms with Gasteiger partial charge in [-0.2, -0.15) is 0 Å². The third kappa shape index (κ3) is 4.46. The van der Waals surface area contributed by atoms with Gasteiger partial charge in [0.05, 0.1) is 20.2 Å². The van der Waals surface area contributed by atoms with E-state index in [1.165, 1.54) is 10.4 Å². The summed E-state index contributed by atoms with van der Waals surface area (Å²) in [6, 6.07) is 4.12. The van der Waals surface area contributed by atoms with Gasteiger partial charge in [0.2, 0.25) is 0 Å². The van der Waals surface area contributed by atoms with E-state index in [2.05, 4.69) is 48.5 Å². The Morgan fingerprint density at radius 3 is 2.96 bits per heavy atom. The van der Waals surface area contributed by atoms with Crippen molar-refractivity contribution in [3.63, 3.8) is 0 Å². The Hall–Kier alpha value is -2.28. The van der Waals surface area contributed by atoms with Crippen LogP contribution in [0.4, 0.5) is 0 Å². The van der Waals surface area contributed by atoms with Crippen molar-refractivity contribution in [2.75, 3.05) is 13.7 Å². The number of aryl methyl sites for hydroxylation is 1. The van der Waals surface area contributed by atoms with Crippen LogP contribution in [0.1, 0.15) is 34.9 Å². The highest BCUT2D eigenvalue weighted by Crippen LogP contribution is 2.35. The van der Waals surface area contributed by atoms with Crippen molar-refractivity contribution in [2.45, 2.75) is 46.4 Å². The Labute approximate surface area is 158 Å². The molecule has 2 heterocycles. The number of methoxy groups -OCH3 is 1. The number of hydrogen-bond acceptors (Lipinski definition) is 5. The molecule has 0 aliphatic carbocycles. The average Bonchev–Trinajstić information content (AvgIpc) is 3.20. The zero-order valence-electron chi connectivity index (χ0n) is 15.8. The van der Waals surface area contributed by atoms with Crippen molar-refractivity contribution in [1.82, 2.24) is 15.6 Å². The topological polar surface area (TPSA) is 67.8 Å². The summed E-state index contributed by atoms with van der Waals surface area (Å²) in [7, 11) is 1.70. The molecule has 1 aliphatic heterocycles. The summed E-state index contributed by atoms with van der Waals surface area (Å²) in [4.78, 5) is 10.3. The molecule has 6 nitrogen and oxygen atoms in total. The van der Waals surface area contributed by atoms with E-state index in [0.717, 1.165) is 41.0 Å². The van der Waals surface area contributed by atoms with Crippen LogP contribution in [-0.4, -0.2) is 30.7 Å². The van der Waals surface area contributed by atoms with E-state index in [1.54, 1.807) is 18.4 Å². The third-order valence-electron chi connectivity index (χ3n) is 4.13. The molecule has 26 heavy (non-hydrogen) atoms. The first-order valence-corrected chi connectivity index (χ1v) is 9.70. The van der Waals surface area contributed by atoms with Crippen LogP contribution in [0.25, 0.3) is 0 Å². The summed E-state index contributed by atoms with van der Waals surface area (Å²) in [6.07, 6.45) is 3.03. The van der Waals surface area contributed by atoms with E-state index in [-0.39, 0.29) is 6.10 Å². The molecular formula is C19H26N4O2S. The van der Waals surface area contributed by atoms with Gasteiger partial charge < -0.3 is 20.1 Å². The van der Waals surface area contributed by atoms with Crippen LogP contribution < -0.4 is 20.1 Å². The molecular weight excluding hydrogens is 348 g/mol. The van der Waals surface area contributed by atoms with Gasteiger partial charge in [-0.05, 0) is 32.9 Å². The van der Waals surface area contributed by atoms with Gasteiger partial charge >= 0.3 is 0 Å². The molecule has 1 aromatic heterocycles. The van der Waals surface area contributed by atoms with E-state index in [1.807, 2.05) is 6.20 Å². The number of ether oxygens (including phenoxy) is 2. The van der Waals surface area contributed by atoms with Crippen LogP contribution in [0.15, 0.2) is 23.3 Å². The van der Waals surface area contributed by atoms with E-state index >= 15 is 0 Å². The average molecular weight is 375 g/mol. The highest BCUT2D eigenvalue weighted by Gasteiger charge is 2.21. The van der Waals surface area contributed by atoms with Gasteiger partial charge in [-0.25, -0.2) is 9.98 Å². The number of fused-ring (bicyclic) bond motifs is 1. The Kier molecular flexibility index (Phi) is 5.98. The first kappa shape index (κ1) is 18.5. The number of hydrogen-bond donors (Lipinski definition) is 2. The molecule has 1 aliphatic rings. The minimum absolute atomic E-state index is 0.217. The highest BCUT2D eigenvalue weighted by atomic mass is 32.1. The normalized spacial score (nSPS) is 16.2. The van der Waals surface area contributed by atoms with Gasteiger partial charge in [0.25, 0.3) is 0 Å². The SMILES string of the molecule is CCNC(=NCc1cc2c(cc1OC)CC(C)O2)NCc1ncc(C)s1. The number of thiazole rings is 1. The lowest BCUT2D eigenvalue weighted by Gasteiger charge is -2.12. The molecule has 0 bridgehead atoms. The zero-order chi connectivity index (χ0) is 18.5. The molecule has 0 saturated heterocycles. The summed E-state index contributed by atoms with van der Waals surface area (Å²) >= 11 is 1.69. The largest absolute Gasteiger partial charge is 0.496 e. The molecule has 0 spiro atoms. The van der Waals surface area contributed by atoms with Crippen LogP contribution in [0.2, 0.25) is 0 Å².